The number of nitrogens with zero attached hydrogens (tertiary/aromatic N) is 2. The second-order valence-corrected chi connectivity index (χ2v) is 6.48. The lowest BCUT2D eigenvalue weighted by atomic mass is 10.2. The average molecular weight is 229 g/mol. The molecule has 1 aliphatic heterocycles. The summed E-state index contributed by atoms with van der Waals surface area (Å²) in [5.41, 5.74) is 7.18. The van der Waals surface area contributed by atoms with Crippen molar-refractivity contribution in [1.29, 1.82) is 0 Å². The molecule has 1 aromatic rings. The number of fused-ring (bicyclic) bond motifs is 1. The van der Waals surface area contributed by atoms with E-state index in [9.17, 15) is 8.42 Å². The summed E-state index contributed by atoms with van der Waals surface area (Å²) in [6.07, 6.45) is 0. The third-order valence-electron chi connectivity index (χ3n) is 2.46. The molecule has 15 heavy (non-hydrogen) atoms. The van der Waals surface area contributed by atoms with Crippen molar-refractivity contribution in [3.8, 4) is 0 Å². The fraction of sp³-hybridized carbons (Fsp3) is 0.667. The zero-order valence-corrected chi connectivity index (χ0v) is 9.71. The topological polar surface area (TPSA) is 78.0 Å². The van der Waals surface area contributed by atoms with Crippen LogP contribution in [0.1, 0.15) is 25.1 Å². The van der Waals surface area contributed by atoms with Gasteiger partial charge in [-0.05, 0) is 5.92 Å². The van der Waals surface area contributed by atoms with Crippen molar-refractivity contribution in [2.45, 2.75) is 31.9 Å². The van der Waals surface area contributed by atoms with E-state index in [0.717, 1.165) is 12.2 Å². The lowest BCUT2D eigenvalue weighted by Gasteiger charge is -2.07. The highest BCUT2D eigenvalue weighted by Crippen LogP contribution is 2.29. The molecule has 0 atom stereocenters. The van der Waals surface area contributed by atoms with E-state index in [0.29, 0.717) is 17.3 Å². The molecule has 0 amide bonds. The van der Waals surface area contributed by atoms with Crippen molar-refractivity contribution >= 4 is 15.7 Å². The van der Waals surface area contributed by atoms with Crippen LogP contribution in [0.4, 0.5) is 5.82 Å². The summed E-state index contributed by atoms with van der Waals surface area (Å²) >= 11 is 0. The van der Waals surface area contributed by atoms with Crippen LogP contribution in [0.5, 0.6) is 0 Å². The zero-order chi connectivity index (χ0) is 11.2. The van der Waals surface area contributed by atoms with Crippen molar-refractivity contribution in [2.24, 2.45) is 5.92 Å². The fourth-order valence-electron chi connectivity index (χ4n) is 1.85. The van der Waals surface area contributed by atoms with Gasteiger partial charge in [0.15, 0.2) is 9.84 Å². The maximum absolute atomic E-state index is 11.4. The van der Waals surface area contributed by atoms with Gasteiger partial charge >= 0.3 is 0 Å². The lowest BCUT2D eigenvalue weighted by molar-refractivity contribution is 0.474. The molecule has 5 nitrogen and oxygen atoms in total. The maximum Gasteiger partial charge on any atom is 0.160 e. The van der Waals surface area contributed by atoms with Crippen LogP contribution in [0, 0.1) is 5.92 Å². The molecule has 0 bridgehead atoms. The summed E-state index contributed by atoms with van der Waals surface area (Å²) in [4.78, 5) is 0. The first-order chi connectivity index (χ1) is 6.89. The monoisotopic (exact) mass is 229 g/mol. The largest absolute Gasteiger partial charge is 0.382 e. The predicted octanol–water partition coefficient (Wildman–Crippen LogP) is 0.550. The highest BCUT2D eigenvalue weighted by Gasteiger charge is 2.31. The Kier molecular flexibility index (Phi) is 2.26. The van der Waals surface area contributed by atoms with Gasteiger partial charge in [0.05, 0.1) is 17.2 Å². The number of anilines is 1. The van der Waals surface area contributed by atoms with Gasteiger partial charge in [-0.2, -0.15) is 5.10 Å². The van der Waals surface area contributed by atoms with Crippen molar-refractivity contribution in [2.75, 3.05) is 5.73 Å². The molecule has 1 aliphatic rings. The fourth-order valence-corrected chi connectivity index (χ4v) is 3.45. The Bertz CT molecular complexity index is 488. The van der Waals surface area contributed by atoms with Crippen molar-refractivity contribution in [3.05, 3.63) is 11.3 Å². The van der Waals surface area contributed by atoms with Crippen LogP contribution < -0.4 is 5.73 Å². The van der Waals surface area contributed by atoms with Gasteiger partial charge in [-0.3, -0.25) is 4.68 Å². The van der Waals surface area contributed by atoms with Gasteiger partial charge in [-0.15, -0.1) is 0 Å². The van der Waals surface area contributed by atoms with Crippen molar-refractivity contribution < 1.29 is 8.42 Å². The van der Waals surface area contributed by atoms with E-state index in [4.69, 9.17) is 5.73 Å². The molecule has 0 fully saturated rings. The van der Waals surface area contributed by atoms with Gasteiger partial charge < -0.3 is 5.73 Å². The molecule has 2 N–H and O–H groups in total. The first-order valence-electron chi connectivity index (χ1n) is 4.93. The number of rotatable bonds is 2. The van der Waals surface area contributed by atoms with Crippen LogP contribution in [-0.4, -0.2) is 18.2 Å². The van der Waals surface area contributed by atoms with Gasteiger partial charge in [-0.25, -0.2) is 8.42 Å². The summed E-state index contributed by atoms with van der Waals surface area (Å²) in [5.74, 6) is 0.925. The number of hydrogen-bond acceptors (Lipinski definition) is 4. The zero-order valence-electron chi connectivity index (χ0n) is 8.90. The molecule has 2 heterocycles. The van der Waals surface area contributed by atoms with Crippen LogP contribution in [0.2, 0.25) is 0 Å². The van der Waals surface area contributed by atoms with E-state index < -0.39 is 9.84 Å². The van der Waals surface area contributed by atoms with E-state index in [2.05, 4.69) is 18.9 Å². The van der Waals surface area contributed by atoms with Gasteiger partial charge in [0.25, 0.3) is 0 Å². The molecule has 2 rings (SSSR count). The number of sulfone groups is 1. The Balaban J connectivity index is 2.42. The Morgan fingerprint density at radius 2 is 2.13 bits per heavy atom. The van der Waals surface area contributed by atoms with Crippen molar-refractivity contribution in [3.63, 3.8) is 0 Å². The molecule has 84 valence electrons. The molecular formula is C9H15N3O2S. The van der Waals surface area contributed by atoms with E-state index in [1.54, 1.807) is 4.68 Å². The molecule has 0 unspecified atom stereocenters. The maximum atomic E-state index is 11.4. The molecule has 0 saturated heterocycles. The quantitative estimate of drug-likeness (QED) is 0.803. The summed E-state index contributed by atoms with van der Waals surface area (Å²) in [5, 5.41) is 4.17. The van der Waals surface area contributed by atoms with E-state index >= 15 is 0 Å². The van der Waals surface area contributed by atoms with Crippen LogP contribution in [-0.2, 0) is 27.9 Å². The van der Waals surface area contributed by atoms with Crippen LogP contribution in [0.3, 0.4) is 0 Å². The molecule has 0 saturated carbocycles. The van der Waals surface area contributed by atoms with Gasteiger partial charge in [0.1, 0.15) is 5.82 Å². The number of nitrogens with two attached hydrogens (primary N) is 1. The van der Waals surface area contributed by atoms with E-state index in [1.165, 1.54) is 0 Å². The second-order valence-electron chi connectivity index (χ2n) is 4.42. The predicted molar refractivity (Wildman–Crippen MR) is 57.8 cm³/mol. The first-order valence-corrected chi connectivity index (χ1v) is 6.75. The SMILES string of the molecule is CC(C)Cn1nc(N)c2c1CS(=O)(=O)C2. The summed E-state index contributed by atoms with van der Waals surface area (Å²) in [7, 11) is -2.98. The third-order valence-corrected chi connectivity index (χ3v) is 3.90. The molecule has 0 aliphatic carbocycles. The highest BCUT2D eigenvalue weighted by molar-refractivity contribution is 7.90. The number of nitrogen functional groups attached to an aromatic ring is 1. The Morgan fingerprint density at radius 3 is 2.73 bits per heavy atom. The average Bonchev–Trinajstić information content (AvgIpc) is 2.49. The van der Waals surface area contributed by atoms with Crippen molar-refractivity contribution in [1.82, 2.24) is 9.78 Å². The Hall–Kier alpha value is -1.04. The van der Waals surface area contributed by atoms with Gasteiger partial charge in [-0.1, -0.05) is 13.8 Å². The normalized spacial score (nSPS) is 18.3. The molecule has 0 aromatic carbocycles. The minimum absolute atomic E-state index is 0.0479. The Morgan fingerprint density at radius 1 is 1.47 bits per heavy atom. The molecule has 0 radical (unpaired) electrons. The first kappa shape index (κ1) is 10.5. The number of aromatic nitrogens is 2. The number of hydrogen-bond donors (Lipinski definition) is 1. The Labute approximate surface area is 89.2 Å². The van der Waals surface area contributed by atoms with Gasteiger partial charge in [0, 0.05) is 12.1 Å². The third kappa shape index (κ3) is 1.86. The molecule has 1 aromatic heterocycles. The van der Waals surface area contributed by atoms with Crippen LogP contribution in [0.15, 0.2) is 0 Å². The van der Waals surface area contributed by atoms with Gasteiger partial charge in [0.2, 0.25) is 0 Å². The lowest BCUT2D eigenvalue weighted by Crippen LogP contribution is -2.11. The molecule has 0 spiro atoms. The standard InChI is InChI=1S/C9H15N3O2S/c1-6(2)3-12-8-5-15(13,14)4-7(8)9(10)11-12/h6H,3-5H2,1-2H3,(H2,10,11). The smallest absolute Gasteiger partial charge is 0.160 e. The minimum atomic E-state index is -2.98. The second kappa shape index (κ2) is 3.23. The minimum Gasteiger partial charge on any atom is -0.382 e. The summed E-state index contributed by atoms with van der Waals surface area (Å²) < 4.78 is 24.6. The van der Waals surface area contributed by atoms with E-state index in [-0.39, 0.29) is 11.5 Å². The molecule has 6 heteroatoms. The highest BCUT2D eigenvalue weighted by atomic mass is 32.2. The molecular weight excluding hydrogens is 214 g/mol. The van der Waals surface area contributed by atoms with Crippen LogP contribution >= 0.6 is 0 Å². The van der Waals surface area contributed by atoms with Crippen LogP contribution in [0.25, 0.3) is 0 Å². The van der Waals surface area contributed by atoms with E-state index in [1.807, 2.05) is 0 Å². The summed E-state index contributed by atoms with van der Waals surface area (Å²) in [6, 6.07) is 0. The summed E-state index contributed by atoms with van der Waals surface area (Å²) in [6.45, 7) is 4.84.